The third kappa shape index (κ3) is 6.58. The molecule has 0 fully saturated rings. The van der Waals surface area contributed by atoms with Crippen molar-refractivity contribution in [3.63, 3.8) is 0 Å². The first-order valence-corrected chi connectivity index (χ1v) is 28.0. The van der Waals surface area contributed by atoms with Crippen molar-refractivity contribution in [2.45, 2.75) is 0 Å². The van der Waals surface area contributed by atoms with Crippen molar-refractivity contribution in [3.05, 3.63) is 291 Å². The third-order valence-corrected chi connectivity index (χ3v) is 20.8. The normalized spacial score (nSPS) is 12.0. The van der Waals surface area contributed by atoms with Crippen molar-refractivity contribution in [2.75, 3.05) is 0 Å². The molecular weight excluding hydrogens is 921 g/mol. The van der Waals surface area contributed by atoms with Crippen LogP contribution in [0.3, 0.4) is 0 Å². The van der Waals surface area contributed by atoms with Gasteiger partial charge in [0.05, 0.1) is 27.8 Å². The monoisotopic (exact) mass is 968 g/mol. The van der Waals surface area contributed by atoms with Crippen LogP contribution < -0.4 is 20.7 Å². The highest BCUT2D eigenvalue weighted by molar-refractivity contribution is 7.20. The van der Waals surface area contributed by atoms with Gasteiger partial charge in [-0.25, -0.2) is 0 Å². The molecule has 0 bridgehead atoms. The van der Waals surface area contributed by atoms with Gasteiger partial charge in [-0.3, -0.25) is 0 Å². The highest BCUT2D eigenvalue weighted by Crippen LogP contribution is 2.50. The molecule has 0 unspecified atom stereocenters. The maximum absolute atomic E-state index is 2.92. The van der Waals surface area contributed by atoms with Crippen molar-refractivity contribution >= 4 is 72.4 Å². The lowest BCUT2D eigenvalue weighted by atomic mass is 9.79. The minimum atomic E-state index is -2.92. The molecule has 0 N–H and O–H groups in total. The molecule has 0 aliphatic heterocycles. The topological polar surface area (TPSA) is 9.86 Å². The highest BCUT2D eigenvalue weighted by atomic mass is 28.3. The predicted octanol–water partition coefficient (Wildman–Crippen LogP) is 15.9. The van der Waals surface area contributed by atoms with Crippen molar-refractivity contribution in [3.8, 4) is 67.0 Å². The van der Waals surface area contributed by atoms with Crippen LogP contribution in [-0.2, 0) is 0 Å². The largest absolute Gasteiger partial charge is 0.309 e. The molecule has 350 valence electrons. The fraction of sp³-hybridized carbons (Fsp3) is 0. The number of benzene rings is 12. The molecule has 3 heteroatoms. The first-order valence-electron chi connectivity index (χ1n) is 26.0. The summed E-state index contributed by atoms with van der Waals surface area (Å²) in [6.07, 6.45) is 0. The average Bonchev–Trinajstić information content (AvgIpc) is 4.00. The molecule has 75 heavy (non-hydrogen) atoms. The summed E-state index contributed by atoms with van der Waals surface area (Å²) in [6, 6.07) is 109. The van der Waals surface area contributed by atoms with Gasteiger partial charge in [0.1, 0.15) is 0 Å². The molecule has 15 rings (SSSR count). The van der Waals surface area contributed by atoms with Gasteiger partial charge in [0.2, 0.25) is 0 Å². The van der Waals surface area contributed by atoms with E-state index >= 15 is 0 Å². The summed E-state index contributed by atoms with van der Waals surface area (Å²) in [5.74, 6) is 0. The minimum absolute atomic E-state index is 1.13. The summed E-state index contributed by atoms with van der Waals surface area (Å²) in [7, 11) is -2.92. The van der Waals surface area contributed by atoms with Crippen LogP contribution in [0, 0.1) is 0 Å². The molecule has 0 spiro atoms. The second kappa shape index (κ2) is 17.3. The van der Waals surface area contributed by atoms with Crippen LogP contribution in [0.2, 0.25) is 0 Å². The molecule has 2 aromatic heterocycles. The number of aromatic nitrogens is 2. The number of para-hydroxylation sites is 2. The summed E-state index contributed by atoms with van der Waals surface area (Å²) < 4.78 is 5.03. The molecule has 0 saturated heterocycles. The van der Waals surface area contributed by atoms with E-state index in [0.717, 1.165) is 22.4 Å². The average molecular weight is 969 g/mol. The quantitative estimate of drug-likeness (QED) is 0.111. The summed E-state index contributed by atoms with van der Waals surface area (Å²) in [5, 5.41) is 10.3. The summed E-state index contributed by atoms with van der Waals surface area (Å²) in [5.41, 5.74) is 19.1. The van der Waals surface area contributed by atoms with E-state index in [1.54, 1.807) is 0 Å². The SMILES string of the molecule is c1ccc(-c2cc3c(cc2-n2c4ccc(-n5c6ccccc6c6ccccc65)cc4c4cc([Si](c5ccccc5)(c5ccccc5)c5ccccc5)ccc42)-c2ccccc2-c2ccccc2-c2ccccc2-3)cc1. The Morgan fingerprint density at radius 2 is 0.587 bits per heavy atom. The number of fused-ring (bicyclic) bond motifs is 14. The van der Waals surface area contributed by atoms with E-state index in [0.29, 0.717) is 0 Å². The van der Waals surface area contributed by atoms with Crippen molar-refractivity contribution in [1.82, 2.24) is 9.13 Å². The molecule has 14 aromatic rings. The zero-order valence-electron chi connectivity index (χ0n) is 41.1. The molecule has 2 heterocycles. The molecular formula is C72H48N2Si. The maximum Gasteiger partial charge on any atom is 0.179 e. The Balaban J connectivity index is 1.09. The summed E-state index contributed by atoms with van der Waals surface area (Å²) in [4.78, 5) is 0. The Morgan fingerprint density at radius 3 is 1.08 bits per heavy atom. The van der Waals surface area contributed by atoms with Gasteiger partial charge in [-0.05, 0) is 119 Å². The fourth-order valence-electron chi connectivity index (χ4n) is 12.8. The standard InChI is InChI=1S/C72H48N2Si/c1-5-23-49(24-6-1)63-47-64-59-35-17-15-33-57(59)55-31-13-14-32-56(55)58-34-16-18-36-60(58)65(64)48-72(63)74-70-43-41-50(73-68-39-21-19-37-61(68)62-38-20-22-40-69(62)73)45-66(70)67-46-54(42-44-71(67)74)75(51-25-7-2-8-26-51,52-27-9-3-10-28-52)53-29-11-4-12-30-53/h1-48H. The Kier molecular flexibility index (Phi) is 9.94. The molecule has 2 nitrogen and oxygen atoms in total. The van der Waals surface area contributed by atoms with E-state index in [9.17, 15) is 0 Å². The van der Waals surface area contributed by atoms with Gasteiger partial charge in [0.15, 0.2) is 8.07 Å². The lowest BCUT2D eigenvalue weighted by molar-refractivity contribution is 1.17. The van der Waals surface area contributed by atoms with Crippen LogP contribution in [0.5, 0.6) is 0 Å². The van der Waals surface area contributed by atoms with E-state index < -0.39 is 8.07 Å². The zero-order chi connectivity index (χ0) is 49.5. The van der Waals surface area contributed by atoms with Crippen LogP contribution in [0.1, 0.15) is 0 Å². The van der Waals surface area contributed by atoms with E-state index in [4.69, 9.17) is 0 Å². The van der Waals surface area contributed by atoms with Crippen LogP contribution in [0.4, 0.5) is 0 Å². The van der Waals surface area contributed by atoms with E-state index in [1.165, 1.54) is 109 Å². The first kappa shape index (κ1) is 43.1. The third-order valence-electron chi connectivity index (χ3n) is 16.0. The number of hydrogen-bond donors (Lipinski definition) is 0. The van der Waals surface area contributed by atoms with Gasteiger partial charge in [0.25, 0.3) is 0 Å². The van der Waals surface area contributed by atoms with Gasteiger partial charge < -0.3 is 9.13 Å². The summed E-state index contributed by atoms with van der Waals surface area (Å²) in [6.45, 7) is 0. The van der Waals surface area contributed by atoms with E-state index in [-0.39, 0.29) is 0 Å². The van der Waals surface area contributed by atoms with Crippen LogP contribution in [0.25, 0.3) is 111 Å². The lowest BCUT2D eigenvalue weighted by Gasteiger charge is -2.34. The molecule has 0 amide bonds. The van der Waals surface area contributed by atoms with Gasteiger partial charge in [-0.2, -0.15) is 0 Å². The second-order valence-electron chi connectivity index (χ2n) is 19.9. The second-order valence-corrected chi connectivity index (χ2v) is 23.7. The fourth-order valence-corrected chi connectivity index (χ4v) is 17.6. The molecule has 0 atom stereocenters. The van der Waals surface area contributed by atoms with E-state index in [1.807, 2.05) is 0 Å². The zero-order valence-corrected chi connectivity index (χ0v) is 42.1. The molecule has 1 aliphatic carbocycles. The maximum atomic E-state index is 2.57. The molecule has 0 saturated carbocycles. The van der Waals surface area contributed by atoms with Gasteiger partial charge in [-0.15, -0.1) is 0 Å². The van der Waals surface area contributed by atoms with Crippen molar-refractivity contribution in [1.29, 1.82) is 0 Å². The van der Waals surface area contributed by atoms with Gasteiger partial charge in [0, 0.05) is 32.8 Å². The number of nitrogens with zero attached hydrogens (tertiary/aromatic N) is 2. The Bertz CT molecular complexity index is 4360. The predicted molar refractivity (Wildman–Crippen MR) is 319 cm³/mol. The number of hydrogen-bond acceptors (Lipinski definition) is 0. The molecule has 0 radical (unpaired) electrons. The first-order chi connectivity index (χ1) is 37.2. The molecule has 12 aromatic carbocycles. The van der Waals surface area contributed by atoms with Crippen LogP contribution in [-0.4, -0.2) is 17.2 Å². The smallest absolute Gasteiger partial charge is 0.179 e. The van der Waals surface area contributed by atoms with Gasteiger partial charge >= 0.3 is 0 Å². The summed E-state index contributed by atoms with van der Waals surface area (Å²) >= 11 is 0. The van der Waals surface area contributed by atoms with Crippen molar-refractivity contribution < 1.29 is 0 Å². The van der Waals surface area contributed by atoms with Crippen LogP contribution in [0.15, 0.2) is 291 Å². The Labute approximate surface area is 437 Å². The van der Waals surface area contributed by atoms with Gasteiger partial charge in [-0.1, -0.05) is 243 Å². The van der Waals surface area contributed by atoms with Crippen LogP contribution >= 0.6 is 0 Å². The Hall–Kier alpha value is -9.54. The Morgan fingerprint density at radius 1 is 0.213 bits per heavy atom. The lowest BCUT2D eigenvalue weighted by Crippen LogP contribution is -2.74. The number of rotatable bonds is 7. The minimum Gasteiger partial charge on any atom is -0.309 e. The van der Waals surface area contributed by atoms with E-state index in [2.05, 4.69) is 300 Å². The van der Waals surface area contributed by atoms with Crippen molar-refractivity contribution in [2.24, 2.45) is 0 Å². The molecule has 1 aliphatic rings. The highest BCUT2D eigenvalue weighted by Gasteiger charge is 2.42.